The maximum Gasteiger partial charge on any atom is 0.322 e. The van der Waals surface area contributed by atoms with E-state index in [0.717, 1.165) is 18.9 Å². The Morgan fingerprint density at radius 2 is 2.42 bits per heavy atom. The van der Waals surface area contributed by atoms with Crippen LogP contribution in [0, 0.1) is 0 Å². The lowest BCUT2D eigenvalue weighted by atomic mass is 10.2. The van der Waals surface area contributed by atoms with Crippen LogP contribution in [0.15, 0.2) is 27.0 Å². The average Bonchev–Trinajstić information content (AvgIpc) is 2.70. The highest BCUT2D eigenvalue weighted by atomic mass is 79.9. The zero-order valence-corrected chi connectivity index (χ0v) is 13.6. The Bertz CT molecular complexity index is 616. The van der Waals surface area contributed by atoms with Crippen LogP contribution < -0.4 is 0 Å². The molecule has 0 saturated heterocycles. The second kappa shape index (κ2) is 5.78. The number of pyridine rings is 1. The summed E-state index contributed by atoms with van der Waals surface area (Å²) in [5, 5.41) is 10.3. The number of methoxy groups -OCH3 is 1. The van der Waals surface area contributed by atoms with Crippen molar-refractivity contribution in [3.63, 3.8) is 0 Å². The van der Waals surface area contributed by atoms with Crippen molar-refractivity contribution in [1.29, 1.82) is 0 Å². The Hall–Kier alpha value is -0.630. The fourth-order valence-electron chi connectivity index (χ4n) is 1.63. The fourth-order valence-corrected chi connectivity index (χ4v) is 4.28. The van der Waals surface area contributed by atoms with E-state index in [-0.39, 0.29) is 6.61 Å². The minimum absolute atomic E-state index is 0.141. The number of nitrogens with zero attached hydrogens (tertiary/aromatic N) is 1. The van der Waals surface area contributed by atoms with Crippen molar-refractivity contribution in [3.8, 4) is 0 Å². The molecule has 19 heavy (non-hydrogen) atoms. The molecule has 1 atom stereocenters. The highest BCUT2D eigenvalue weighted by Gasteiger charge is 2.35. The van der Waals surface area contributed by atoms with E-state index in [0.29, 0.717) is 0 Å². The van der Waals surface area contributed by atoms with Crippen molar-refractivity contribution in [2.24, 2.45) is 0 Å². The largest absolute Gasteiger partial charge is 0.480 e. The predicted octanol–water partition coefficient (Wildman–Crippen LogP) is 3.64. The fraction of sp³-hybridized carbons (Fsp3) is 0.333. The smallest absolute Gasteiger partial charge is 0.322 e. The van der Waals surface area contributed by atoms with Crippen LogP contribution in [0.5, 0.6) is 0 Å². The molecular weight excluding hydrogens is 350 g/mol. The van der Waals surface area contributed by atoms with E-state index in [1.807, 2.05) is 12.1 Å². The van der Waals surface area contributed by atoms with Gasteiger partial charge >= 0.3 is 5.97 Å². The van der Waals surface area contributed by atoms with Crippen LogP contribution in [0.4, 0.5) is 0 Å². The molecule has 2 aromatic rings. The summed E-state index contributed by atoms with van der Waals surface area (Å²) in [5.74, 6) is -0.890. The van der Waals surface area contributed by atoms with Gasteiger partial charge in [-0.2, -0.15) is 0 Å². The van der Waals surface area contributed by atoms with E-state index in [2.05, 4.69) is 20.9 Å². The molecule has 0 amide bonds. The third-order valence-corrected chi connectivity index (χ3v) is 5.44. The SMILES string of the molecule is COCC(C)(Sc1ccnc2sc(Br)cc12)C(=O)O. The average molecular weight is 362 g/mol. The van der Waals surface area contributed by atoms with Crippen molar-refractivity contribution >= 4 is 55.2 Å². The molecule has 0 aromatic carbocycles. The zero-order chi connectivity index (χ0) is 14.0. The number of rotatable bonds is 5. The lowest BCUT2D eigenvalue weighted by molar-refractivity contribution is -0.140. The van der Waals surface area contributed by atoms with Gasteiger partial charge in [-0.25, -0.2) is 4.98 Å². The molecule has 0 radical (unpaired) electrons. The van der Waals surface area contributed by atoms with Gasteiger partial charge in [0, 0.05) is 23.6 Å². The second-order valence-corrected chi connectivity index (χ2v) is 8.10. The van der Waals surface area contributed by atoms with Crippen molar-refractivity contribution in [2.75, 3.05) is 13.7 Å². The molecule has 7 heteroatoms. The van der Waals surface area contributed by atoms with E-state index in [4.69, 9.17) is 4.74 Å². The summed E-state index contributed by atoms with van der Waals surface area (Å²) in [6.45, 7) is 1.80. The maximum absolute atomic E-state index is 11.4. The number of carboxylic acid groups (broad SMARTS) is 1. The molecule has 1 unspecified atom stereocenters. The number of fused-ring (bicyclic) bond motifs is 1. The Morgan fingerprint density at radius 1 is 1.68 bits per heavy atom. The molecule has 4 nitrogen and oxygen atoms in total. The lowest BCUT2D eigenvalue weighted by Crippen LogP contribution is -2.36. The quantitative estimate of drug-likeness (QED) is 0.823. The number of carboxylic acids is 1. The Morgan fingerprint density at radius 3 is 3.05 bits per heavy atom. The molecule has 0 aliphatic carbocycles. The number of carbonyl (C=O) groups is 1. The first kappa shape index (κ1) is 14.8. The van der Waals surface area contributed by atoms with Gasteiger partial charge in [0.2, 0.25) is 0 Å². The first-order valence-corrected chi connectivity index (χ1v) is 7.84. The third-order valence-electron chi connectivity index (χ3n) is 2.57. The predicted molar refractivity (Wildman–Crippen MR) is 81.1 cm³/mol. The minimum atomic E-state index is -1.02. The summed E-state index contributed by atoms with van der Waals surface area (Å²) in [6, 6.07) is 3.80. The van der Waals surface area contributed by atoms with E-state index in [9.17, 15) is 9.90 Å². The zero-order valence-electron chi connectivity index (χ0n) is 10.3. The Balaban J connectivity index is 2.41. The van der Waals surface area contributed by atoms with Gasteiger partial charge in [0.25, 0.3) is 0 Å². The molecule has 2 aromatic heterocycles. The summed E-state index contributed by atoms with van der Waals surface area (Å²) in [7, 11) is 1.51. The standard InChI is InChI=1S/C12H12BrNO3S2/c1-12(6-17-2,11(15)16)19-8-3-4-14-10-7(8)5-9(13)18-10/h3-5H,6H2,1-2H3,(H,15,16). The van der Waals surface area contributed by atoms with Gasteiger partial charge in [-0.3, -0.25) is 4.79 Å². The molecule has 0 bridgehead atoms. The molecule has 2 rings (SSSR count). The van der Waals surface area contributed by atoms with E-state index < -0.39 is 10.7 Å². The van der Waals surface area contributed by atoms with Gasteiger partial charge in [0.1, 0.15) is 9.58 Å². The molecule has 0 saturated carbocycles. The molecule has 2 heterocycles. The molecular formula is C12H12BrNO3S2. The van der Waals surface area contributed by atoms with Gasteiger partial charge in [-0.1, -0.05) is 0 Å². The minimum Gasteiger partial charge on any atom is -0.480 e. The molecule has 0 aliphatic rings. The number of hydrogen-bond donors (Lipinski definition) is 1. The van der Waals surface area contributed by atoms with Gasteiger partial charge in [0.05, 0.1) is 10.4 Å². The van der Waals surface area contributed by atoms with Crippen molar-refractivity contribution in [2.45, 2.75) is 16.6 Å². The second-order valence-electron chi connectivity index (χ2n) is 4.15. The van der Waals surface area contributed by atoms with Gasteiger partial charge in [0.15, 0.2) is 0 Å². The summed E-state index contributed by atoms with van der Waals surface area (Å²) in [5.41, 5.74) is 0. The summed E-state index contributed by atoms with van der Waals surface area (Å²) >= 11 is 6.24. The summed E-state index contributed by atoms with van der Waals surface area (Å²) in [4.78, 5) is 17.5. The Kier molecular flexibility index (Phi) is 4.50. The molecule has 102 valence electrons. The number of aliphatic carboxylic acids is 1. The third kappa shape index (κ3) is 3.10. The van der Waals surface area contributed by atoms with E-state index >= 15 is 0 Å². The Labute approximate surface area is 127 Å². The number of hydrogen-bond acceptors (Lipinski definition) is 5. The number of thioether (sulfide) groups is 1. The molecule has 1 N–H and O–H groups in total. The van der Waals surface area contributed by atoms with Crippen LogP contribution >= 0.6 is 39.0 Å². The number of aromatic nitrogens is 1. The maximum atomic E-state index is 11.4. The molecule has 0 aliphatic heterocycles. The van der Waals surface area contributed by atoms with Crippen LogP contribution in [0.25, 0.3) is 10.2 Å². The highest BCUT2D eigenvalue weighted by molar-refractivity contribution is 9.11. The van der Waals surface area contributed by atoms with Crippen molar-refractivity contribution < 1.29 is 14.6 Å². The van der Waals surface area contributed by atoms with E-state index in [1.54, 1.807) is 13.1 Å². The molecule has 0 spiro atoms. The van der Waals surface area contributed by atoms with Crippen LogP contribution in [0.1, 0.15) is 6.92 Å². The monoisotopic (exact) mass is 361 g/mol. The number of halogens is 1. The van der Waals surface area contributed by atoms with Gasteiger partial charge in [-0.05, 0) is 35.0 Å². The summed E-state index contributed by atoms with van der Waals surface area (Å²) < 4.78 is 5.00. The van der Waals surface area contributed by atoms with Gasteiger partial charge < -0.3 is 9.84 Å². The van der Waals surface area contributed by atoms with Crippen LogP contribution in [0.2, 0.25) is 0 Å². The summed E-state index contributed by atoms with van der Waals surface area (Å²) in [6.07, 6.45) is 1.70. The highest BCUT2D eigenvalue weighted by Crippen LogP contribution is 2.40. The first-order valence-electron chi connectivity index (χ1n) is 5.41. The van der Waals surface area contributed by atoms with Gasteiger partial charge in [-0.15, -0.1) is 23.1 Å². The van der Waals surface area contributed by atoms with E-state index in [1.165, 1.54) is 30.2 Å². The first-order chi connectivity index (χ1) is 8.96. The van der Waals surface area contributed by atoms with Crippen molar-refractivity contribution in [1.82, 2.24) is 4.98 Å². The lowest BCUT2D eigenvalue weighted by Gasteiger charge is -2.23. The topological polar surface area (TPSA) is 59.4 Å². The normalized spacial score (nSPS) is 14.5. The number of thiophene rings is 1. The van der Waals surface area contributed by atoms with Crippen molar-refractivity contribution in [3.05, 3.63) is 22.1 Å². The number of ether oxygens (including phenoxy) is 1. The molecule has 0 fully saturated rings. The van der Waals surface area contributed by atoms with Crippen LogP contribution in [-0.4, -0.2) is 34.5 Å². The van der Waals surface area contributed by atoms with Crippen LogP contribution in [-0.2, 0) is 9.53 Å². The van der Waals surface area contributed by atoms with Crippen LogP contribution in [0.3, 0.4) is 0 Å².